The first-order valence-electron chi connectivity index (χ1n) is 3.62. The fourth-order valence-electron chi connectivity index (χ4n) is 0.929. The highest BCUT2D eigenvalue weighted by Crippen LogP contribution is 2.25. The lowest BCUT2D eigenvalue weighted by Crippen LogP contribution is -2.13. The summed E-state index contributed by atoms with van der Waals surface area (Å²) in [5.74, 6) is 0. The maximum absolute atomic E-state index is 4.11. The summed E-state index contributed by atoms with van der Waals surface area (Å²) in [5, 5.41) is 0. The molecule has 1 aromatic rings. The topological polar surface area (TPSA) is 12.9 Å². The van der Waals surface area contributed by atoms with Crippen molar-refractivity contribution in [3.8, 4) is 0 Å². The highest BCUT2D eigenvalue weighted by atomic mass is 127. The zero-order valence-electron chi connectivity index (χ0n) is 7.06. The van der Waals surface area contributed by atoms with Crippen molar-refractivity contribution in [2.45, 2.75) is 26.2 Å². The molecule has 0 saturated carbocycles. The number of rotatable bonds is 0. The van der Waals surface area contributed by atoms with Gasteiger partial charge in [-0.3, -0.25) is 4.98 Å². The Morgan fingerprint density at radius 2 is 2.00 bits per heavy atom. The van der Waals surface area contributed by atoms with Gasteiger partial charge in [-0.15, -0.1) is 0 Å². The van der Waals surface area contributed by atoms with Crippen molar-refractivity contribution in [2.24, 2.45) is 0 Å². The third-order valence-electron chi connectivity index (χ3n) is 1.58. The van der Waals surface area contributed by atoms with Crippen molar-refractivity contribution in [1.29, 1.82) is 0 Å². The second-order valence-electron chi connectivity index (χ2n) is 3.61. The zero-order valence-corrected chi connectivity index (χ0v) is 9.21. The number of halogens is 1. The van der Waals surface area contributed by atoms with Gasteiger partial charge in [0.15, 0.2) is 0 Å². The van der Waals surface area contributed by atoms with Crippen LogP contribution in [-0.4, -0.2) is 4.98 Å². The average molecular weight is 261 g/mol. The van der Waals surface area contributed by atoms with Crippen LogP contribution in [0.2, 0.25) is 0 Å². The van der Waals surface area contributed by atoms with Crippen molar-refractivity contribution >= 4 is 22.6 Å². The van der Waals surface area contributed by atoms with Gasteiger partial charge < -0.3 is 0 Å². The second-order valence-corrected chi connectivity index (χ2v) is 4.77. The third kappa shape index (κ3) is 2.15. The Labute approximate surface area is 81.4 Å². The van der Waals surface area contributed by atoms with E-state index in [1.54, 1.807) is 0 Å². The predicted octanol–water partition coefficient (Wildman–Crippen LogP) is 2.98. The molecule has 0 atom stereocenters. The normalized spacial score (nSPS) is 11.6. The van der Waals surface area contributed by atoms with E-state index in [-0.39, 0.29) is 5.41 Å². The molecule has 0 amide bonds. The maximum Gasteiger partial charge on any atom is 0.0315 e. The lowest BCUT2D eigenvalue weighted by atomic mass is 9.88. The molecule has 0 radical (unpaired) electrons. The Morgan fingerprint density at radius 1 is 1.36 bits per heavy atom. The molecule has 2 heteroatoms. The quantitative estimate of drug-likeness (QED) is 0.654. The molecule has 0 saturated heterocycles. The summed E-state index contributed by atoms with van der Waals surface area (Å²) < 4.78 is 1.30. The maximum atomic E-state index is 4.11. The van der Waals surface area contributed by atoms with E-state index in [0.717, 1.165) is 0 Å². The Bertz CT molecular complexity index is 250. The molecule has 60 valence electrons. The van der Waals surface area contributed by atoms with Crippen LogP contribution in [0.15, 0.2) is 18.5 Å². The fraction of sp³-hybridized carbons (Fsp3) is 0.444. The zero-order chi connectivity index (χ0) is 8.48. The molecule has 1 rings (SSSR count). The van der Waals surface area contributed by atoms with E-state index in [9.17, 15) is 0 Å². The molecule has 0 N–H and O–H groups in total. The van der Waals surface area contributed by atoms with Crippen molar-refractivity contribution in [2.75, 3.05) is 0 Å². The lowest BCUT2D eigenvalue weighted by molar-refractivity contribution is 0.584. The summed E-state index contributed by atoms with van der Waals surface area (Å²) in [6.45, 7) is 6.60. The summed E-state index contributed by atoms with van der Waals surface area (Å²) in [5.41, 5.74) is 1.53. The molecule has 0 aromatic carbocycles. The number of pyridine rings is 1. The smallest absolute Gasteiger partial charge is 0.0315 e. The number of nitrogens with zero attached hydrogens (tertiary/aromatic N) is 1. The van der Waals surface area contributed by atoms with E-state index < -0.39 is 0 Å². The first kappa shape index (κ1) is 8.97. The van der Waals surface area contributed by atoms with Gasteiger partial charge in [-0.1, -0.05) is 20.8 Å². The van der Waals surface area contributed by atoms with Crippen LogP contribution < -0.4 is 0 Å². The minimum atomic E-state index is 0.213. The van der Waals surface area contributed by atoms with Gasteiger partial charge in [-0.25, -0.2) is 0 Å². The second kappa shape index (κ2) is 3.09. The minimum Gasteiger partial charge on any atom is -0.264 e. The van der Waals surface area contributed by atoms with E-state index >= 15 is 0 Å². The average Bonchev–Trinajstić information content (AvgIpc) is 1.86. The molecule has 1 heterocycles. The molecular weight excluding hydrogens is 249 g/mol. The van der Waals surface area contributed by atoms with Crippen LogP contribution in [-0.2, 0) is 5.41 Å². The molecule has 1 aromatic heterocycles. The third-order valence-corrected chi connectivity index (χ3v) is 2.52. The van der Waals surface area contributed by atoms with Gasteiger partial charge in [0.05, 0.1) is 0 Å². The van der Waals surface area contributed by atoms with E-state index in [1.807, 2.05) is 18.5 Å². The van der Waals surface area contributed by atoms with Gasteiger partial charge in [-0.2, -0.15) is 0 Å². The van der Waals surface area contributed by atoms with Gasteiger partial charge >= 0.3 is 0 Å². The molecular formula is C9H12IN. The van der Waals surface area contributed by atoms with Crippen LogP contribution in [0.1, 0.15) is 26.3 Å². The van der Waals surface area contributed by atoms with Crippen LogP contribution >= 0.6 is 22.6 Å². The van der Waals surface area contributed by atoms with E-state index in [4.69, 9.17) is 0 Å². The van der Waals surface area contributed by atoms with Crippen molar-refractivity contribution in [1.82, 2.24) is 4.98 Å². The minimum absolute atomic E-state index is 0.213. The van der Waals surface area contributed by atoms with Crippen LogP contribution in [0.4, 0.5) is 0 Å². The Morgan fingerprint density at radius 3 is 2.36 bits per heavy atom. The van der Waals surface area contributed by atoms with Crippen LogP contribution in [0.5, 0.6) is 0 Å². The fourth-order valence-corrected chi connectivity index (χ4v) is 2.04. The largest absolute Gasteiger partial charge is 0.264 e. The van der Waals surface area contributed by atoms with E-state index in [2.05, 4.69) is 48.3 Å². The van der Waals surface area contributed by atoms with Crippen LogP contribution in [0.3, 0.4) is 0 Å². The van der Waals surface area contributed by atoms with Crippen molar-refractivity contribution in [3.63, 3.8) is 0 Å². The summed E-state index contributed by atoms with van der Waals surface area (Å²) in [6.07, 6.45) is 3.78. The van der Waals surface area contributed by atoms with Crippen LogP contribution in [0, 0.1) is 3.57 Å². The number of hydrogen-bond acceptors (Lipinski definition) is 1. The highest BCUT2D eigenvalue weighted by Gasteiger charge is 2.16. The Hall–Kier alpha value is -0.120. The first-order valence-corrected chi connectivity index (χ1v) is 4.69. The Balaban J connectivity index is 3.14. The molecule has 0 aliphatic carbocycles. The van der Waals surface area contributed by atoms with E-state index in [1.165, 1.54) is 9.13 Å². The summed E-state index contributed by atoms with van der Waals surface area (Å²) in [7, 11) is 0. The van der Waals surface area contributed by atoms with Gasteiger partial charge in [0.1, 0.15) is 0 Å². The van der Waals surface area contributed by atoms with Gasteiger partial charge in [0, 0.05) is 16.0 Å². The molecule has 0 aliphatic heterocycles. The molecule has 0 spiro atoms. The van der Waals surface area contributed by atoms with Gasteiger partial charge in [0.25, 0.3) is 0 Å². The molecule has 0 bridgehead atoms. The van der Waals surface area contributed by atoms with Gasteiger partial charge in [-0.05, 0) is 39.6 Å². The standard InChI is InChI=1S/C9H12IN/c1-9(2,3)7-6-11-5-4-8(7)10/h4-6H,1-3H3. The number of hydrogen-bond donors (Lipinski definition) is 0. The Kier molecular flexibility index (Phi) is 2.52. The first-order chi connectivity index (χ1) is 5.02. The van der Waals surface area contributed by atoms with Crippen molar-refractivity contribution < 1.29 is 0 Å². The monoisotopic (exact) mass is 261 g/mol. The van der Waals surface area contributed by atoms with Gasteiger partial charge in [0.2, 0.25) is 0 Å². The molecule has 0 fully saturated rings. The van der Waals surface area contributed by atoms with E-state index in [0.29, 0.717) is 0 Å². The number of aromatic nitrogens is 1. The van der Waals surface area contributed by atoms with Crippen LogP contribution in [0.25, 0.3) is 0 Å². The summed E-state index contributed by atoms with van der Waals surface area (Å²) in [4.78, 5) is 4.11. The molecule has 11 heavy (non-hydrogen) atoms. The van der Waals surface area contributed by atoms with Crippen molar-refractivity contribution in [3.05, 3.63) is 27.6 Å². The lowest BCUT2D eigenvalue weighted by Gasteiger charge is -2.19. The summed E-state index contributed by atoms with van der Waals surface area (Å²) >= 11 is 2.35. The highest BCUT2D eigenvalue weighted by molar-refractivity contribution is 14.1. The SMILES string of the molecule is CC(C)(C)c1cnccc1I. The molecule has 0 unspecified atom stereocenters. The predicted molar refractivity (Wildman–Crippen MR) is 55.7 cm³/mol. The molecule has 1 nitrogen and oxygen atoms in total. The molecule has 0 aliphatic rings. The summed E-state index contributed by atoms with van der Waals surface area (Å²) in [6, 6.07) is 2.04.